The van der Waals surface area contributed by atoms with Gasteiger partial charge in [-0.25, -0.2) is 3.11 Å². The average molecular weight is 256 g/mol. The first-order chi connectivity index (χ1) is 4.74. The van der Waals surface area contributed by atoms with Crippen molar-refractivity contribution >= 4 is 22.9 Å². The van der Waals surface area contributed by atoms with Gasteiger partial charge in [-0.3, -0.25) is 0 Å². The third-order valence-electron chi connectivity index (χ3n) is 1.85. The molecule has 10 heavy (non-hydrogen) atoms. The van der Waals surface area contributed by atoms with Crippen LogP contribution in [0.25, 0.3) is 0 Å². The molecule has 4 heteroatoms. The van der Waals surface area contributed by atoms with E-state index >= 15 is 0 Å². The van der Waals surface area contributed by atoms with Crippen molar-refractivity contribution < 1.29 is 4.74 Å². The summed E-state index contributed by atoms with van der Waals surface area (Å²) >= 11 is 2.30. The minimum atomic E-state index is 0.190. The van der Waals surface area contributed by atoms with Gasteiger partial charge in [-0.05, 0) is 6.42 Å². The normalized spacial score (nSPS) is 36.3. The molecule has 1 rings (SSSR count). The molecule has 0 aliphatic carbocycles. The smallest absolute Gasteiger partial charge is 0.0747 e. The lowest BCUT2D eigenvalue weighted by molar-refractivity contribution is 0.0489. The quantitative estimate of drug-likeness (QED) is 0.544. The molecule has 0 aromatic carbocycles. The number of hydrogen-bond acceptors (Lipinski definition) is 3. The zero-order chi connectivity index (χ0) is 7.56. The van der Waals surface area contributed by atoms with Crippen molar-refractivity contribution in [2.24, 2.45) is 5.73 Å². The summed E-state index contributed by atoms with van der Waals surface area (Å²) in [5.41, 5.74) is 5.81. The van der Waals surface area contributed by atoms with E-state index in [-0.39, 0.29) is 12.1 Å². The number of methoxy groups -OCH3 is 1. The van der Waals surface area contributed by atoms with E-state index in [1.807, 2.05) is 0 Å². The van der Waals surface area contributed by atoms with Gasteiger partial charge in [0, 0.05) is 49.1 Å². The predicted octanol–water partition coefficient (Wildman–Crippen LogP) is 0.384. The Bertz CT molecular complexity index is 112. The number of piperidine rings is 1. The van der Waals surface area contributed by atoms with Crippen LogP contribution in [0.15, 0.2) is 0 Å². The Morgan fingerprint density at radius 2 is 2.40 bits per heavy atom. The molecule has 2 atom stereocenters. The molecule has 0 unspecified atom stereocenters. The molecule has 1 heterocycles. The fourth-order valence-corrected chi connectivity index (χ4v) is 1.95. The molecule has 0 spiro atoms. The Morgan fingerprint density at radius 3 is 2.90 bits per heavy atom. The minimum Gasteiger partial charge on any atom is -0.380 e. The molecule has 2 N–H and O–H groups in total. The molecule has 0 bridgehead atoms. The van der Waals surface area contributed by atoms with Crippen LogP contribution < -0.4 is 5.73 Å². The van der Waals surface area contributed by atoms with E-state index in [9.17, 15) is 0 Å². The van der Waals surface area contributed by atoms with Crippen LogP contribution >= 0.6 is 22.9 Å². The van der Waals surface area contributed by atoms with E-state index in [0.29, 0.717) is 0 Å². The lowest BCUT2D eigenvalue weighted by Crippen LogP contribution is -2.48. The van der Waals surface area contributed by atoms with Gasteiger partial charge >= 0.3 is 0 Å². The van der Waals surface area contributed by atoms with Gasteiger partial charge in [-0.2, -0.15) is 0 Å². The SMILES string of the molecule is CO[C@H]1CCN(I)C[C@H]1N. The third-order valence-corrected chi connectivity index (χ3v) is 2.72. The van der Waals surface area contributed by atoms with Crippen molar-refractivity contribution in [3.63, 3.8) is 0 Å². The summed E-state index contributed by atoms with van der Waals surface area (Å²) in [6.07, 6.45) is 1.33. The van der Waals surface area contributed by atoms with Crippen LogP contribution in [-0.4, -0.2) is 35.5 Å². The van der Waals surface area contributed by atoms with Gasteiger partial charge in [-0.15, -0.1) is 0 Å². The van der Waals surface area contributed by atoms with Crippen molar-refractivity contribution in [1.82, 2.24) is 3.11 Å². The second-order valence-electron chi connectivity index (χ2n) is 2.60. The van der Waals surface area contributed by atoms with Gasteiger partial charge in [-0.1, -0.05) is 0 Å². The van der Waals surface area contributed by atoms with E-state index in [2.05, 4.69) is 26.0 Å². The summed E-state index contributed by atoms with van der Waals surface area (Å²) in [6.45, 7) is 2.03. The van der Waals surface area contributed by atoms with Crippen molar-refractivity contribution in [3.05, 3.63) is 0 Å². The van der Waals surface area contributed by atoms with Crippen LogP contribution in [0, 0.1) is 0 Å². The van der Waals surface area contributed by atoms with Gasteiger partial charge < -0.3 is 10.5 Å². The topological polar surface area (TPSA) is 38.5 Å². The van der Waals surface area contributed by atoms with Crippen LogP contribution in [-0.2, 0) is 4.74 Å². The summed E-state index contributed by atoms with van der Waals surface area (Å²) in [4.78, 5) is 0. The van der Waals surface area contributed by atoms with Crippen LogP contribution in [0.5, 0.6) is 0 Å². The van der Waals surface area contributed by atoms with E-state index in [1.165, 1.54) is 0 Å². The fourth-order valence-electron chi connectivity index (χ4n) is 1.21. The number of hydrogen-bond donors (Lipinski definition) is 1. The zero-order valence-electron chi connectivity index (χ0n) is 6.09. The first-order valence-electron chi connectivity index (χ1n) is 3.43. The summed E-state index contributed by atoms with van der Waals surface area (Å²) in [5.74, 6) is 0. The maximum atomic E-state index is 5.81. The number of nitrogens with two attached hydrogens (primary N) is 1. The zero-order valence-corrected chi connectivity index (χ0v) is 8.24. The maximum Gasteiger partial charge on any atom is 0.0747 e. The van der Waals surface area contributed by atoms with Gasteiger partial charge in [0.05, 0.1) is 6.10 Å². The summed E-state index contributed by atoms with van der Waals surface area (Å²) in [7, 11) is 1.73. The highest BCUT2D eigenvalue weighted by molar-refractivity contribution is 14.1. The number of nitrogens with zero attached hydrogens (tertiary/aromatic N) is 1. The van der Waals surface area contributed by atoms with Gasteiger partial charge in [0.15, 0.2) is 0 Å². The maximum absolute atomic E-state index is 5.81. The lowest BCUT2D eigenvalue weighted by atomic mass is 10.1. The Balaban J connectivity index is 2.36. The molecule has 0 amide bonds. The molecule has 0 radical (unpaired) electrons. The monoisotopic (exact) mass is 256 g/mol. The molecule has 0 saturated carbocycles. The van der Waals surface area contributed by atoms with Gasteiger partial charge in [0.25, 0.3) is 0 Å². The number of ether oxygens (including phenoxy) is 1. The Kier molecular flexibility index (Phi) is 3.35. The van der Waals surface area contributed by atoms with E-state index in [0.717, 1.165) is 19.5 Å². The summed E-state index contributed by atoms with van der Waals surface area (Å²) in [5, 5.41) is 0. The molecule has 3 nitrogen and oxygen atoms in total. The molecule has 0 aromatic heterocycles. The minimum absolute atomic E-state index is 0.190. The first-order valence-corrected chi connectivity index (χ1v) is 4.39. The molecule has 1 fully saturated rings. The molecule has 1 aliphatic rings. The fraction of sp³-hybridized carbons (Fsp3) is 1.00. The highest BCUT2D eigenvalue weighted by Crippen LogP contribution is 2.14. The van der Waals surface area contributed by atoms with Crippen LogP contribution in [0.4, 0.5) is 0 Å². The summed E-state index contributed by atoms with van der Waals surface area (Å²) in [6, 6.07) is 0.190. The Labute approximate surface area is 75.4 Å². The van der Waals surface area contributed by atoms with Crippen LogP contribution in [0.3, 0.4) is 0 Å². The number of rotatable bonds is 1. The average Bonchev–Trinajstić information content (AvgIpc) is 1.88. The van der Waals surface area contributed by atoms with Crippen LogP contribution in [0.2, 0.25) is 0 Å². The Hall–Kier alpha value is 0.610. The first kappa shape index (κ1) is 8.70. The van der Waals surface area contributed by atoms with E-state index < -0.39 is 0 Å². The number of halogens is 1. The molecule has 1 saturated heterocycles. The van der Waals surface area contributed by atoms with E-state index in [4.69, 9.17) is 10.5 Å². The van der Waals surface area contributed by atoms with E-state index in [1.54, 1.807) is 7.11 Å². The molecule has 0 aromatic rings. The van der Waals surface area contributed by atoms with Crippen LogP contribution in [0.1, 0.15) is 6.42 Å². The molecular formula is C6H13IN2O. The molecule has 60 valence electrons. The summed E-state index contributed by atoms with van der Waals surface area (Å²) < 4.78 is 7.40. The van der Waals surface area contributed by atoms with Crippen molar-refractivity contribution in [3.8, 4) is 0 Å². The highest BCUT2D eigenvalue weighted by Gasteiger charge is 2.24. The second-order valence-corrected chi connectivity index (χ2v) is 3.96. The van der Waals surface area contributed by atoms with Crippen molar-refractivity contribution in [2.45, 2.75) is 18.6 Å². The highest BCUT2D eigenvalue weighted by atomic mass is 127. The Morgan fingerprint density at radius 1 is 1.70 bits per heavy atom. The standard InChI is InChI=1S/C6H13IN2O/c1-10-6-2-3-9(7)4-5(6)8/h5-6H,2-4,8H2,1H3/t5-,6+/m1/s1. The molecular weight excluding hydrogens is 243 g/mol. The largest absolute Gasteiger partial charge is 0.380 e. The van der Waals surface area contributed by atoms with Gasteiger partial charge in [0.2, 0.25) is 0 Å². The van der Waals surface area contributed by atoms with Crippen molar-refractivity contribution in [2.75, 3.05) is 20.2 Å². The second kappa shape index (κ2) is 3.85. The van der Waals surface area contributed by atoms with Gasteiger partial charge in [0.1, 0.15) is 0 Å². The third kappa shape index (κ3) is 2.05. The van der Waals surface area contributed by atoms with Crippen molar-refractivity contribution in [1.29, 1.82) is 0 Å². The lowest BCUT2D eigenvalue weighted by Gasteiger charge is -2.31. The predicted molar refractivity (Wildman–Crippen MR) is 49.0 cm³/mol. The molecule has 1 aliphatic heterocycles.